The first-order chi connectivity index (χ1) is 18.1. The van der Waals surface area contributed by atoms with Crippen molar-refractivity contribution in [3.05, 3.63) is 77.3 Å². The molecule has 0 saturated heterocycles. The molecular weight excluding hydrogens is 504 g/mol. The zero-order chi connectivity index (χ0) is 27.3. The Balaban J connectivity index is 1.34. The van der Waals surface area contributed by atoms with Gasteiger partial charge in [-0.1, -0.05) is 44.2 Å². The number of nitrogens with zero attached hydrogens (tertiary/aromatic N) is 3. The summed E-state index contributed by atoms with van der Waals surface area (Å²) in [5.41, 5.74) is 4.11. The van der Waals surface area contributed by atoms with Crippen molar-refractivity contribution in [2.75, 3.05) is 18.4 Å². The Morgan fingerprint density at radius 1 is 1.00 bits per heavy atom. The van der Waals surface area contributed by atoms with Gasteiger partial charge in [-0.2, -0.15) is 5.10 Å². The molecule has 0 aliphatic carbocycles. The van der Waals surface area contributed by atoms with Gasteiger partial charge in [0.25, 0.3) is 5.91 Å². The van der Waals surface area contributed by atoms with Gasteiger partial charge in [-0.05, 0) is 29.8 Å². The van der Waals surface area contributed by atoms with Gasteiger partial charge in [-0.25, -0.2) is 9.78 Å². The molecule has 3 amide bonds. The Bertz CT molecular complexity index is 1480. The van der Waals surface area contributed by atoms with Crippen LogP contribution < -0.4 is 16.0 Å². The summed E-state index contributed by atoms with van der Waals surface area (Å²) in [7, 11) is 1.87. The topological polar surface area (TPSA) is 138 Å². The Kier molecular flexibility index (Phi) is 7.87. The maximum absolute atomic E-state index is 12.7. The van der Waals surface area contributed by atoms with E-state index in [-0.39, 0.29) is 13.1 Å². The summed E-state index contributed by atoms with van der Waals surface area (Å²) in [5, 5.41) is 23.3. The second-order valence-corrected chi connectivity index (χ2v) is 10.2. The van der Waals surface area contributed by atoms with Crippen LogP contribution in [0.25, 0.3) is 22.5 Å². The summed E-state index contributed by atoms with van der Waals surface area (Å²) in [6, 6.07) is 16.7. The molecular formula is C27H28N6O4S. The first kappa shape index (κ1) is 26.6. The number of aryl methyl sites for hydroxylation is 1. The minimum atomic E-state index is -1.11. The first-order valence-electron chi connectivity index (χ1n) is 11.8. The van der Waals surface area contributed by atoms with Crippen LogP contribution in [0.1, 0.15) is 29.8 Å². The number of amides is 3. The Hall–Kier alpha value is -4.51. The van der Waals surface area contributed by atoms with Crippen molar-refractivity contribution in [2.24, 2.45) is 7.05 Å². The van der Waals surface area contributed by atoms with E-state index < -0.39 is 23.3 Å². The number of hydrogen-bond donors (Lipinski definition) is 4. The molecule has 0 aliphatic heterocycles. The van der Waals surface area contributed by atoms with Gasteiger partial charge in [0.2, 0.25) is 5.91 Å². The van der Waals surface area contributed by atoms with Gasteiger partial charge in [-0.3, -0.25) is 14.3 Å². The Morgan fingerprint density at radius 3 is 2.45 bits per heavy atom. The number of hydrogen-bond acceptors (Lipinski definition) is 6. The first-order valence-corrected chi connectivity index (χ1v) is 12.7. The largest absolute Gasteiger partial charge is 0.465 e. The number of carbonyl (C=O) groups excluding carboxylic acids is 2. The van der Waals surface area contributed by atoms with Gasteiger partial charge < -0.3 is 21.1 Å². The zero-order valence-electron chi connectivity index (χ0n) is 21.2. The molecule has 4 aromatic rings. The van der Waals surface area contributed by atoms with E-state index in [4.69, 9.17) is 5.11 Å². The van der Waals surface area contributed by atoms with Gasteiger partial charge in [0.05, 0.1) is 17.9 Å². The van der Waals surface area contributed by atoms with Crippen LogP contribution >= 0.6 is 11.3 Å². The number of carbonyl (C=O) groups is 3. The fourth-order valence-corrected chi connectivity index (χ4v) is 4.51. The number of benzene rings is 2. The highest BCUT2D eigenvalue weighted by molar-refractivity contribution is 7.14. The molecule has 0 aliphatic rings. The quantitative estimate of drug-likeness (QED) is 0.256. The highest BCUT2D eigenvalue weighted by atomic mass is 32.1. The monoisotopic (exact) mass is 532 g/mol. The molecule has 0 fully saturated rings. The molecule has 0 bridgehead atoms. The van der Waals surface area contributed by atoms with E-state index in [1.165, 1.54) is 11.3 Å². The number of nitrogens with one attached hydrogen (secondary N) is 3. The molecule has 2 aromatic heterocycles. The average molecular weight is 533 g/mol. The van der Waals surface area contributed by atoms with Crippen LogP contribution in [-0.2, 0) is 17.3 Å². The Labute approximate surface area is 223 Å². The lowest BCUT2D eigenvalue weighted by molar-refractivity contribution is -0.115. The number of carboxylic acid groups (broad SMARTS) is 1. The van der Waals surface area contributed by atoms with Gasteiger partial charge in [-0.15, -0.1) is 11.3 Å². The van der Waals surface area contributed by atoms with Crippen LogP contribution in [0.2, 0.25) is 0 Å². The summed E-state index contributed by atoms with van der Waals surface area (Å²) in [5.74, 6) is -0.807. The average Bonchev–Trinajstić information content (AvgIpc) is 3.55. The van der Waals surface area contributed by atoms with E-state index in [1.807, 2.05) is 68.9 Å². The van der Waals surface area contributed by atoms with E-state index >= 15 is 0 Å². The molecule has 2 aromatic carbocycles. The van der Waals surface area contributed by atoms with E-state index in [1.54, 1.807) is 22.9 Å². The maximum Gasteiger partial charge on any atom is 0.404 e. The predicted molar refractivity (Wildman–Crippen MR) is 146 cm³/mol. The van der Waals surface area contributed by atoms with Crippen molar-refractivity contribution in [3.63, 3.8) is 0 Å². The molecule has 0 unspecified atom stereocenters. The highest BCUT2D eigenvalue weighted by Gasteiger charge is 2.22. The van der Waals surface area contributed by atoms with Crippen molar-refractivity contribution in [1.29, 1.82) is 0 Å². The molecule has 10 nitrogen and oxygen atoms in total. The second kappa shape index (κ2) is 11.3. The number of thiazole rings is 1. The zero-order valence-corrected chi connectivity index (χ0v) is 22.0. The van der Waals surface area contributed by atoms with Gasteiger partial charge in [0.15, 0.2) is 5.13 Å². The fourth-order valence-electron chi connectivity index (χ4n) is 3.78. The van der Waals surface area contributed by atoms with Crippen LogP contribution in [0.5, 0.6) is 0 Å². The van der Waals surface area contributed by atoms with Crippen LogP contribution in [0.15, 0.2) is 66.2 Å². The molecule has 2 heterocycles. The Morgan fingerprint density at radius 2 is 1.74 bits per heavy atom. The lowest BCUT2D eigenvalue weighted by atomic mass is 9.84. The normalized spacial score (nSPS) is 11.1. The third-order valence-corrected chi connectivity index (χ3v) is 6.67. The third-order valence-electron chi connectivity index (χ3n) is 5.92. The smallest absolute Gasteiger partial charge is 0.404 e. The lowest BCUT2D eigenvalue weighted by Crippen LogP contribution is -2.36. The minimum absolute atomic E-state index is 0.194. The van der Waals surface area contributed by atoms with E-state index in [2.05, 4.69) is 26.0 Å². The SMILES string of the molecule is Cn1ccc(-c2cccc(-c3csc(NC(=O)CNC(=O)c4cccc(C(C)(C)CNC(=O)O)c4)n3)c2)n1. The van der Waals surface area contributed by atoms with Crippen LogP contribution in [-0.4, -0.2) is 50.9 Å². The summed E-state index contributed by atoms with van der Waals surface area (Å²) >= 11 is 1.30. The molecule has 0 atom stereocenters. The molecule has 0 saturated carbocycles. The third kappa shape index (κ3) is 6.62. The fraction of sp³-hybridized carbons (Fsp3) is 0.222. The molecule has 0 spiro atoms. The highest BCUT2D eigenvalue weighted by Crippen LogP contribution is 2.28. The van der Waals surface area contributed by atoms with Crippen molar-refractivity contribution >= 4 is 34.4 Å². The lowest BCUT2D eigenvalue weighted by Gasteiger charge is -2.25. The molecule has 38 heavy (non-hydrogen) atoms. The summed E-state index contributed by atoms with van der Waals surface area (Å²) in [6.45, 7) is 3.73. The van der Waals surface area contributed by atoms with Crippen molar-refractivity contribution < 1.29 is 19.5 Å². The van der Waals surface area contributed by atoms with Crippen LogP contribution in [0, 0.1) is 0 Å². The standard InChI is InChI=1S/C27H28N6O4S/c1-27(2,16-29-26(36)37)20-9-5-8-19(13-20)24(35)28-14-23(34)31-25-30-22(15-38-25)18-7-4-6-17(12-18)21-10-11-33(3)32-21/h4-13,15,29H,14,16H2,1-3H3,(H,28,35)(H,36,37)(H,30,31,34). The molecule has 0 radical (unpaired) electrons. The molecule has 4 rings (SSSR count). The number of rotatable bonds is 9. The van der Waals surface area contributed by atoms with Crippen LogP contribution in [0.3, 0.4) is 0 Å². The molecule has 196 valence electrons. The minimum Gasteiger partial charge on any atom is -0.465 e. The van der Waals surface area contributed by atoms with Gasteiger partial charge in [0.1, 0.15) is 0 Å². The van der Waals surface area contributed by atoms with Crippen molar-refractivity contribution in [2.45, 2.75) is 19.3 Å². The van der Waals surface area contributed by atoms with E-state index in [9.17, 15) is 14.4 Å². The second-order valence-electron chi connectivity index (χ2n) is 9.35. The molecule has 4 N–H and O–H groups in total. The van der Waals surface area contributed by atoms with E-state index in [0.717, 1.165) is 28.1 Å². The van der Waals surface area contributed by atoms with Crippen molar-refractivity contribution in [1.82, 2.24) is 25.4 Å². The van der Waals surface area contributed by atoms with Gasteiger partial charge >= 0.3 is 6.09 Å². The van der Waals surface area contributed by atoms with Gasteiger partial charge in [0, 0.05) is 47.3 Å². The summed E-state index contributed by atoms with van der Waals surface area (Å²) in [4.78, 5) is 40.5. The van der Waals surface area contributed by atoms with Crippen molar-refractivity contribution in [3.8, 4) is 22.5 Å². The number of aromatic nitrogens is 3. The van der Waals surface area contributed by atoms with Crippen LogP contribution in [0.4, 0.5) is 9.93 Å². The molecule has 11 heteroatoms. The summed E-state index contributed by atoms with van der Waals surface area (Å²) in [6.07, 6.45) is 0.776. The summed E-state index contributed by atoms with van der Waals surface area (Å²) < 4.78 is 1.74. The van der Waals surface area contributed by atoms with E-state index in [0.29, 0.717) is 10.7 Å². The number of anilines is 1. The maximum atomic E-state index is 12.7. The predicted octanol–water partition coefficient (Wildman–Crippen LogP) is 4.12.